The molecule has 2 N–H and O–H groups in total. The molecule has 2 aromatic rings. The van der Waals surface area contributed by atoms with Crippen molar-refractivity contribution in [2.75, 3.05) is 5.73 Å². The van der Waals surface area contributed by atoms with Crippen molar-refractivity contribution in [2.45, 2.75) is 26.7 Å². The van der Waals surface area contributed by atoms with Crippen molar-refractivity contribution in [3.05, 3.63) is 45.8 Å². The highest BCUT2D eigenvalue weighted by Gasteiger charge is 2.18. The first kappa shape index (κ1) is 14.7. The van der Waals surface area contributed by atoms with Crippen LogP contribution in [0.3, 0.4) is 0 Å². The maximum absolute atomic E-state index is 11.0. The minimum atomic E-state index is -0.501. The first-order chi connectivity index (χ1) is 9.90. The van der Waals surface area contributed by atoms with E-state index in [1.807, 2.05) is 13.8 Å². The van der Waals surface area contributed by atoms with Gasteiger partial charge in [0.2, 0.25) is 11.6 Å². The van der Waals surface area contributed by atoms with Gasteiger partial charge < -0.3 is 10.5 Å². The van der Waals surface area contributed by atoms with E-state index in [9.17, 15) is 10.1 Å². The normalized spacial score (nSPS) is 10.7. The van der Waals surface area contributed by atoms with Gasteiger partial charge in [-0.15, -0.1) is 0 Å². The van der Waals surface area contributed by atoms with Crippen LogP contribution in [-0.4, -0.2) is 14.9 Å². The van der Waals surface area contributed by atoms with Gasteiger partial charge in [-0.05, 0) is 13.0 Å². The van der Waals surface area contributed by atoms with Crippen LogP contribution >= 0.6 is 0 Å². The molecule has 7 nitrogen and oxygen atoms in total. The van der Waals surface area contributed by atoms with E-state index in [2.05, 4.69) is 9.97 Å². The predicted molar refractivity (Wildman–Crippen MR) is 78.4 cm³/mol. The molecule has 0 saturated heterocycles. The maximum Gasteiger partial charge on any atom is 0.311 e. The number of benzene rings is 1. The standard InChI is InChI=1S/C14H16N4O3/c1-8(2)13-16-12(15)9(3)14(17-13)21-11-7-5-4-6-10(11)18(19)20/h4-8H,1-3H3,(H2,15,16,17). The summed E-state index contributed by atoms with van der Waals surface area (Å²) < 4.78 is 5.60. The molecule has 2 rings (SSSR count). The Morgan fingerprint density at radius 1 is 1.29 bits per heavy atom. The van der Waals surface area contributed by atoms with E-state index in [1.54, 1.807) is 19.1 Å². The highest BCUT2D eigenvalue weighted by molar-refractivity contribution is 5.51. The Morgan fingerprint density at radius 2 is 1.95 bits per heavy atom. The molecule has 21 heavy (non-hydrogen) atoms. The number of anilines is 1. The molecular weight excluding hydrogens is 272 g/mol. The molecule has 0 bridgehead atoms. The second-order valence-electron chi connectivity index (χ2n) is 4.88. The molecule has 0 aliphatic carbocycles. The molecule has 0 aliphatic rings. The Morgan fingerprint density at radius 3 is 2.57 bits per heavy atom. The maximum atomic E-state index is 11.0. The number of nitrogens with two attached hydrogens (primary N) is 1. The molecule has 1 heterocycles. The third kappa shape index (κ3) is 3.07. The number of hydrogen-bond acceptors (Lipinski definition) is 6. The van der Waals surface area contributed by atoms with E-state index in [0.717, 1.165) is 0 Å². The fourth-order valence-corrected chi connectivity index (χ4v) is 1.69. The molecule has 7 heteroatoms. The number of aromatic nitrogens is 2. The number of nitro benzene ring substituents is 1. The Kier molecular flexibility index (Phi) is 4.02. The van der Waals surface area contributed by atoms with Crippen molar-refractivity contribution in [1.29, 1.82) is 0 Å². The Bertz CT molecular complexity index is 686. The smallest absolute Gasteiger partial charge is 0.311 e. The van der Waals surface area contributed by atoms with Crippen LogP contribution in [0, 0.1) is 17.0 Å². The van der Waals surface area contributed by atoms with Crippen LogP contribution in [0.4, 0.5) is 11.5 Å². The summed E-state index contributed by atoms with van der Waals surface area (Å²) in [6.07, 6.45) is 0. The first-order valence-corrected chi connectivity index (χ1v) is 6.45. The third-order valence-corrected chi connectivity index (χ3v) is 2.94. The van der Waals surface area contributed by atoms with Crippen LogP contribution in [0.15, 0.2) is 24.3 Å². The molecule has 110 valence electrons. The zero-order valence-corrected chi connectivity index (χ0v) is 12.0. The van der Waals surface area contributed by atoms with Crippen molar-refractivity contribution in [2.24, 2.45) is 0 Å². The van der Waals surface area contributed by atoms with Gasteiger partial charge in [-0.2, -0.15) is 4.98 Å². The van der Waals surface area contributed by atoms with Gasteiger partial charge in [0.1, 0.15) is 11.6 Å². The van der Waals surface area contributed by atoms with Gasteiger partial charge in [0.15, 0.2) is 0 Å². The molecule has 1 aromatic carbocycles. The lowest BCUT2D eigenvalue weighted by Crippen LogP contribution is -2.06. The molecule has 0 aliphatic heterocycles. The number of nitrogen functional groups attached to an aromatic ring is 1. The predicted octanol–water partition coefficient (Wildman–Crippen LogP) is 3.19. The fourth-order valence-electron chi connectivity index (χ4n) is 1.69. The van der Waals surface area contributed by atoms with Crippen LogP contribution in [0.25, 0.3) is 0 Å². The molecule has 0 unspecified atom stereocenters. The van der Waals surface area contributed by atoms with Gasteiger partial charge in [0.25, 0.3) is 0 Å². The average Bonchev–Trinajstić information content (AvgIpc) is 2.43. The van der Waals surface area contributed by atoms with E-state index in [4.69, 9.17) is 10.5 Å². The van der Waals surface area contributed by atoms with Crippen molar-refractivity contribution in [3.63, 3.8) is 0 Å². The molecule has 0 fully saturated rings. The molecule has 1 aromatic heterocycles. The largest absolute Gasteiger partial charge is 0.431 e. The van der Waals surface area contributed by atoms with Crippen molar-refractivity contribution < 1.29 is 9.66 Å². The summed E-state index contributed by atoms with van der Waals surface area (Å²) in [5.41, 5.74) is 6.27. The second kappa shape index (κ2) is 5.74. The van der Waals surface area contributed by atoms with Gasteiger partial charge in [-0.25, -0.2) is 4.98 Å². The van der Waals surface area contributed by atoms with Crippen LogP contribution in [0.2, 0.25) is 0 Å². The summed E-state index contributed by atoms with van der Waals surface area (Å²) in [6, 6.07) is 6.13. The van der Waals surface area contributed by atoms with Gasteiger partial charge in [0.05, 0.1) is 10.5 Å². The van der Waals surface area contributed by atoms with Crippen molar-refractivity contribution >= 4 is 11.5 Å². The minimum absolute atomic E-state index is 0.0704. The monoisotopic (exact) mass is 288 g/mol. The van der Waals surface area contributed by atoms with Crippen LogP contribution < -0.4 is 10.5 Å². The van der Waals surface area contributed by atoms with E-state index < -0.39 is 4.92 Å². The zero-order chi connectivity index (χ0) is 15.6. The van der Waals surface area contributed by atoms with E-state index >= 15 is 0 Å². The quantitative estimate of drug-likeness (QED) is 0.684. The van der Waals surface area contributed by atoms with Crippen molar-refractivity contribution in [3.8, 4) is 11.6 Å². The van der Waals surface area contributed by atoms with Gasteiger partial charge in [0, 0.05) is 12.0 Å². The van der Waals surface area contributed by atoms with Crippen molar-refractivity contribution in [1.82, 2.24) is 9.97 Å². The second-order valence-corrected chi connectivity index (χ2v) is 4.88. The van der Waals surface area contributed by atoms with Gasteiger partial charge in [-0.3, -0.25) is 10.1 Å². The van der Waals surface area contributed by atoms with Crippen LogP contribution in [0.5, 0.6) is 11.6 Å². The number of nitrogens with zero attached hydrogens (tertiary/aromatic N) is 3. The Balaban J connectivity index is 2.47. The highest BCUT2D eigenvalue weighted by atomic mass is 16.6. The number of nitro groups is 1. The number of ether oxygens (including phenoxy) is 1. The SMILES string of the molecule is Cc1c(N)nc(C(C)C)nc1Oc1ccccc1[N+](=O)[O-]. The van der Waals surface area contributed by atoms with E-state index in [0.29, 0.717) is 17.2 Å². The van der Waals surface area contributed by atoms with E-state index in [-0.39, 0.29) is 23.2 Å². The summed E-state index contributed by atoms with van der Waals surface area (Å²) in [7, 11) is 0. The average molecular weight is 288 g/mol. The third-order valence-electron chi connectivity index (χ3n) is 2.94. The molecule has 0 amide bonds. The number of rotatable bonds is 4. The summed E-state index contributed by atoms with van der Waals surface area (Å²) in [5, 5.41) is 11.0. The topological polar surface area (TPSA) is 104 Å². The zero-order valence-electron chi connectivity index (χ0n) is 12.0. The summed E-state index contributed by atoms with van der Waals surface area (Å²) in [4.78, 5) is 19.0. The summed E-state index contributed by atoms with van der Waals surface area (Å²) in [5.74, 6) is 1.27. The fraction of sp³-hybridized carbons (Fsp3) is 0.286. The molecular formula is C14H16N4O3. The number of para-hydroxylation sites is 2. The van der Waals surface area contributed by atoms with Gasteiger partial charge >= 0.3 is 5.69 Å². The molecule has 0 spiro atoms. The lowest BCUT2D eigenvalue weighted by Gasteiger charge is -2.12. The Hall–Kier alpha value is -2.70. The lowest BCUT2D eigenvalue weighted by molar-refractivity contribution is -0.385. The van der Waals surface area contributed by atoms with E-state index in [1.165, 1.54) is 12.1 Å². The molecule has 0 atom stereocenters. The molecule has 0 saturated carbocycles. The van der Waals surface area contributed by atoms with Gasteiger partial charge in [-0.1, -0.05) is 26.0 Å². The highest BCUT2D eigenvalue weighted by Crippen LogP contribution is 2.33. The van der Waals surface area contributed by atoms with Crippen LogP contribution in [-0.2, 0) is 0 Å². The minimum Gasteiger partial charge on any atom is -0.431 e. The van der Waals surface area contributed by atoms with Crippen LogP contribution in [0.1, 0.15) is 31.2 Å². The Labute approximate surface area is 121 Å². The summed E-state index contributed by atoms with van der Waals surface area (Å²) in [6.45, 7) is 5.57. The molecule has 0 radical (unpaired) electrons. The lowest BCUT2D eigenvalue weighted by atomic mass is 10.2. The number of hydrogen-bond donors (Lipinski definition) is 1. The summed E-state index contributed by atoms with van der Waals surface area (Å²) >= 11 is 0. The first-order valence-electron chi connectivity index (χ1n) is 6.45.